The smallest absolute Gasteiger partial charge is 0.262 e. The van der Waals surface area contributed by atoms with Gasteiger partial charge in [0.1, 0.15) is 10.7 Å². The molecule has 0 saturated heterocycles. The van der Waals surface area contributed by atoms with Crippen LogP contribution in [0, 0.1) is 11.7 Å². The van der Waals surface area contributed by atoms with Gasteiger partial charge in [-0.3, -0.25) is 4.79 Å². The van der Waals surface area contributed by atoms with Crippen molar-refractivity contribution < 1.29 is 17.6 Å². The maximum atomic E-state index is 13.7. The Balaban J connectivity index is 2.23. The summed E-state index contributed by atoms with van der Waals surface area (Å²) >= 11 is 2.81. The third-order valence-corrected chi connectivity index (χ3v) is 5.71. The van der Waals surface area contributed by atoms with E-state index >= 15 is 0 Å². The average Bonchev–Trinajstić information content (AvgIpc) is 2.28. The van der Waals surface area contributed by atoms with Crippen LogP contribution in [0.1, 0.15) is 29.6 Å². The Morgan fingerprint density at radius 3 is 2.60 bits per heavy atom. The molecule has 0 atom stereocenters. The van der Waals surface area contributed by atoms with Crippen molar-refractivity contribution in [3.05, 3.63) is 28.0 Å². The van der Waals surface area contributed by atoms with Crippen molar-refractivity contribution in [2.24, 2.45) is 5.92 Å². The van der Waals surface area contributed by atoms with E-state index in [1.165, 1.54) is 0 Å². The van der Waals surface area contributed by atoms with Crippen molar-refractivity contribution in [2.75, 3.05) is 6.54 Å². The summed E-state index contributed by atoms with van der Waals surface area (Å²) in [4.78, 5) is 11.4. The topological polar surface area (TPSA) is 63.2 Å². The van der Waals surface area contributed by atoms with Crippen molar-refractivity contribution in [3.63, 3.8) is 0 Å². The van der Waals surface area contributed by atoms with Crippen LogP contribution in [0.5, 0.6) is 0 Å². The summed E-state index contributed by atoms with van der Waals surface area (Å²) in [5, 5.41) is 2.67. The number of amides is 1. The molecule has 8 heteroatoms. The van der Waals surface area contributed by atoms with Gasteiger partial charge in [-0.2, -0.15) is 0 Å². The van der Waals surface area contributed by atoms with Crippen molar-refractivity contribution in [1.29, 1.82) is 0 Å². The summed E-state index contributed by atoms with van der Waals surface area (Å²) in [7, 11) is 1.08. The van der Waals surface area contributed by atoms with E-state index in [1.54, 1.807) is 0 Å². The highest BCUT2D eigenvalue weighted by Crippen LogP contribution is 2.29. The number of halogens is 3. The Morgan fingerprint density at radius 1 is 1.45 bits per heavy atom. The Morgan fingerprint density at radius 2 is 2.10 bits per heavy atom. The molecule has 1 fully saturated rings. The van der Waals surface area contributed by atoms with E-state index in [4.69, 9.17) is 10.7 Å². The first-order valence-corrected chi connectivity index (χ1v) is 9.11. The fraction of sp³-hybridized carbons (Fsp3) is 0.417. The molecule has 0 bridgehead atoms. The second kappa shape index (κ2) is 5.99. The minimum atomic E-state index is -4.13. The molecule has 1 aromatic rings. The zero-order valence-electron chi connectivity index (χ0n) is 10.3. The van der Waals surface area contributed by atoms with Gasteiger partial charge in [0.2, 0.25) is 0 Å². The van der Waals surface area contributed by atoms with Crippen LogP contribution in [-0.2, 0) is 9.05 Å². The van der Waals surface area contributed by atoms with E-state index in [0.717, 1.165) is 31.4 Å². The number of carbonyl (C=O) groups excluding carboxylic acids is 1. The number of rotatable bonds is 4. The third-order valence-electron chi connectivity index (χ3n) is 3.30. The highest BCUT2D eigenvalue weighted by Gasteiger charge is 2.22. The molecule has 1 aliphatic carbocycles. The lowest BCUT2D eigenvalue weighted by molar-refractivity contribution is 0.0938. The fourth-order valence-corrected chi connectivity index (χ4v) is 4.00. The molecule has 1 N–H and O–H groups in total. The first-order chi connectivity index (χ1) is 9.29. The first-order valence-electron chi connectivity index (χ1n) is 6.01. The highest BCUT2D eigenvalue weighted by atomic mass is 79.9. The van der Waals surface area contributed by atoms with Crippen LogP contribution in [0.25, 0.3) is 0 Å². The summed E-state index contributed by atoms with van der Waals surface area (Å²) in [6.07, 6.45) is 3.29. The zero-order valence-corrected chi connectivity index (χ0v) is 13.5. The van der Waals surface area contributed by atoms with Crippen LogP contribution in [-0.4, -0.2) is 20.9 Å². The SMILES string of the molecule is O=C(NCC1CCC1)c1cc(F)c(Br)c(S(=O)(=O)Cl)c1. The number of benzene rings is 1. The predicted molar refractivity (Wildman–Crippen MR) is 76.8 cm³/mol. The molecule has 1 aliphatic rings. The molecule has 20 heavy (non-hydrogen) atoms. The highest BCUT2D eigenvalue weighted by molar-refractivity contribution is 9.10. The van der Waals surface area contributed by atoms with Gasteiger partial charge < -0.3 is 5.32 Å². The maximum Gasteiger partial charge on any atom is 0.262 e. The van der Waals surface area contributed by atoms with E-state index in [9.17, 15) is 17.6 Å². The third kappa shape index (κ3) is 3.51. The second-order valence-electron chi connectivity index (χ2n) is 4.71. The van der Waals surface area contributed by atoms with Crippen LogP contribution >= 0.6 is 26.6 Å². The van der Waals surface area contributed by atoms with Gasteiger partial charge in [0.05, 0.1) is 4.47 Å². The van der Waals surface area contributed by atoms with E-state index in [0.29, 0.717) is 12.5 Å². The molecule has 2 rings (SSSR count). The molecular weight excluding hydrogens is 373 g/mol. The Bertz CT molecular complexity index is 646. The van der Waals surface area contributed by atoms with Crippen molar-refractivity contribution in [3.8, 4) is 0 Å². The van der Waals surface area contributed by atoms with Crippen LogP contribution in [0.3, 0.4) is 0 Å². The minimum absolute atomic E-state index is 0.0655. The van der Waals surface area contributed by atoms with Gasteiger partial charge in [-0.25, -0.2) is 12.8 Å². The van der Waals surface area contributed by atoms with Crippen molar-refractivity contribution >= 4 is 41.6 Å². The maximum absolute atomic E-state index is 13.7. The molecular formula is C12H12BrClFNO3S. The van der Waals surface area contributed by atoms with Crippen LogP contribution in [0.15, 0.2) is 21.5 Å². The van der Waals surface area contributed by atoms with E-state index < -0.39 is 25.7 Å². The van der Waals surface area contributed by atoms with Gasteiger partial charge in [-0.15, -0.1) is 0 Å². The fourth-order valence-electron chi connectivity index (χ4n) is 1.91. The predicted octanol–water partition coefficient (Wildman–Crippen LogP) is 3.05. The van der Waals surface area contributed by atoms with Crippen LogP contribution in [0.4, 0.5) is 4.39 Å². The van der Waals surface area contributed by atoms with E-state index in [2.05, 4.69) is 21.2 Å². The summed E-state index contributed by atoms with van der Waals surface area (Å²) in [5.74, 6) is -0.902. The molecule has 0 heterocycles. The normalized spacial score (nSPS) is 15.8. The largest absolute Gasteiger partial charge is 0.352 e. The monoisotopic (exact) mass is 383 g/mol. The summed E-state index contributed by atoms with van der Waals surface area (Å²) in [5.41, 5.74) is -0.0655. The molecule has 0 unspecified atom stereocenters. The molecule has 4 nitrogen and oxygen atoms in total. The van der Waals surface area contributed by atoms with Crippen molar-refractivity contribution in [2.45, 2.75) is 24.2 Å². The minimum Gasteiger partial charge on any atom is -0.352 e. The Labute approximate surface area is 129 Å². The van der Waals surface area contributed by atoms with Crippen molar-refractivity contribution in [1.82, 2.24) is 5.32 Å². The number of carbonyl (C=O) groups is 1. The van der Waals surface area contributed by atoms with E-state index in [-0.39, 0.29) is 10.0 Å². The van der Waals surface area contributed by atoms with Gasteiger partial charge in [0.15, 0.2) is 0 Å². The summed E-state index contributed by atoms with van der Waals surface area (Å²) in [6.45, 7) is 0.513. The van der Waals surface area contributed by atoms with Crippen LogP contribution < -0.4 is 5.32 Å². The zero-order chi connectivity index (χ0) is 14.9. The number of nitrogens with one attached hydrogen (secondary N) is 1. The number of hydrogen-bond acceptors (Lipinski definition) is 3. The molecule has 1 aromatic carbocycles. The van der Waals surface area contributed by atoms with Gasteiger partial charge in [-0.1, -0.05) is 6.42 Å². The quantitative estimate of drug-likeness (QED) is 0.812. The summed E-state index contributed by atoms with van der Waals surface area (Å²) in [6, 6.07) is 2.04. The molecule has 1 saturated carbocycles. The van der Waals surface area contributed by atoms with Gasteiger partial charge in [0, 0.05) is 22.8 Å². The Kier molecular flexibility index (Phi) is 4.71. The summed E-state index contributed by atoms with van der Waals surface area (Å²) < 4.78 is 36.1. The molecule has 0 aromatic heterocycles. The lowest BCUT2D eigenvalue weighted by atomic mass is 9.85. The Hall–Kier alpha value is -0.660. The first kappa shape index (κ1) is 15.7. The number of hydrogen-bond donors (Lipinski definition) is 1. The lowest BCUT2D eigenvalue weighted by Crippen LogP contribution is -2.32. The van der Waals surface area contributed by atoms with Gasteiger partial charge in [-0.05, 0) is 46.8 Å². The molecule has 0 spiro atoms. The molecule has 1 amide bonds. The lowest BCUT2D eigenvalue weighted by Gasteiger charge is -2.25. The standard InChI is InChI=1S/C12H12BrClFNO3S/c13-11-9(15)4-8(5-10(11)20(14,18)19)12(17)16-6-7-2-1-3-7/h4-5,7H,1-3,6H2,(H,16,17). The molecule has 0 aliphatic heterocycles. The van der Waals surface area contributed by atoms with Gasteiger partial charge in [0.25, 0.3) is 15.0 Å². The average molecular weight is 385 g/mol. The van der Waals surface area contributed by atoms with E-state index in [1.807, 2.05) is 0 Å². The molecule has 0 radical (unpaired) electrons. The van der Waals surface area contributed by atoms with Crippen LogP contribution in [0.2, 0.25) is 0 Å². The molecule has 110 valence electrons. The second-order valence-corrected chi connectivity index (χ2v) is 8.04. The van der Waals surface area contributed by atoms with Gasteiger partial charge >= 0.3 is 0 Å².